The summed E-state index contributed by atoms with van der Waals surface area (Å²) in [5.41, 5.74) is 3.07. The number of carbonyl (C=O) groups excluding carboxylic acids is 1. The van der Waals surface area contributed by atoms with E-state index >= 15 is 0 Å². The zero-order chi connectivity index (χ0) is 20.7. The molecule has 5 rings (SSSR count). The summed E-state index contributed by atoms with van der Waals surface area (Å²) in [4.78, 5) is 19.3. The van der Waals surface area contributed by atoms with E-state index in [1.807, 2.05) is 19.1 Å². The summed E-state index contributed by atoms with van der Waals surface area (Å²) in [5.74, 6) is 0.485. The molecule has 1 atom stereocenters. The van der Waals surface area contributed by atoms with Gasteiger partial charge in [0.2, 0.25) is 0 Å². The van der Waals surface area contributed by atoms with E-state index in [-0.39, 0.29) is 12.5 Å². The third-order valence-corrected chi connectivity index (χ3v) is 5.59. The molecule has 1 saturated heterocycles. The van der Waals surface area contributed by atoms with E-state index in [0.717, 1.165) is 35.6 Å². The molecule has 0 saturated carbocycles. The van der Waals surface area contributed by atoms with Gasteiger partial charge < -0.3 is 24.8 Å². The van der Waals surface area contributed by atoms with Crippen LogP contribution in [0.15, 0.2) is 36.8 Å². The Morgan fingerprint density at radius 3 is 2.93 bits per heavy atom. The lowest BCUT2D eigenvalue weighted by atomic mass is 9.99. The van der Waals surface area contributed by atoms with E-state index in [4.69, 9.17) is 9.47 Å². The van der Waals surface area contributed by atoms with Crippen LogP contribution in [0.4, 0.5) is 11.4 Å². The first-order chi connectivity index (χ1) is 14.6. The molecule has 2 aliphatic heterocycles. The number of anilines is 2. The van der Waals surface area contributed by atoms with Crippen LogP contribution in [0.2, 0.25) is 0 Å². The summed E-state index contributed by atoms with van der Waals surface area (Å²) in [6.45, 7) is 4.50. The number of carbonyl (C=O) groups is 1. The molecule has 1 fully saturated rings. The Morgan fingerprint density at radius 1 is 1.30 bits per heavy atom. The third kappa shape index (κ3) is 3.25. The maximum atomic E-state index is 13.1. The largest absolute Gasteiger partial charge is 0.484 e. The van der Waals surface area contributed by atoms with E-state index in [1.54, 1.807) is 22.8 Å². The van der Waals surface area contributed by atoms with Gasteiger partial charge in [0.05, 0.1) is 42.9 Å². The summed E-state index contributed by atoms with van der Waals surface area (Å²) in [5, 5.41) is 17.0. The summed E-state index contributed by atoms with van der Waals surface area (Å²) >= 11 is 0. The van der Waals surface area contributed by atoms with Gasteiger partial charge in [-0.2, -0.15) is 5.10 Å². The SMILES string of the molecule is CC1(CO)Cc2cc(NC(=O)c3ccc4cncnn34)c(N3CCOCC3)cc2O1. The zero-order valence-electron chi connectivity index (χ0n) is 16.7. The van der Waals surface area contributed by atoms with Gasteiger partial charge in [-0.15, -0.1) is 0 Å². The number of benzene rings is 1. The fraction of sp³-hybridized carbons (Fsp3) is 0.381. The Labute approximate surface area is 173 Å². The van der Waals surface area contributed by atoms with E-state index in [1.165, 1.54) is 6.33 Å². The molecule has 0 bridgehead atoms. The van der Waals surface area contributed by atoms with Crippen molar-refractivity contribution in [2.75, 3.05) is 43.1 Å². The first-order valence-electron chi connectivity index (χ1n) is 9.95. The zero-order valence-corrected chi connectivity index (χ0v) is 16.7. The molecule has 156 valence electrons. The molecule has 30 heavy (non-hydrogen) atoms. The van der Waals surface area contributed by atoms with Crippen molar-refractivity contribution in [3.05, 3.63) is 48.0 Å². The van der Waals surface area contributed by atoms with Gasteiger partial charge in [-0.05, 0) is 25.1 Å². The van der Waals surface area contributed by atoms with Gasteiger partial charge in [0.15, 0.2) is 0 Å². The third-order valence-electron chi connectivity index (χ3n) is 5.59. The van der Waals surface area contributed by atoms with E-state index in [9.17, 15) is 9.90 Å². The molecule has 0 spiro atoms. The fourth-order valence-corrected chi connectivity index (χ4v) is 4.03. The number of aromatic nitrogens is 3. The molecule has 1 aromatic carbocycles. The van der Waals surface area contributed by atoms with Crippen LogP contribution < -0.4 is 15.0 Å². The number of fused-ring (bicyclic) bond motifs is 2. The molecule has 9 nitrogen and oxygen atoms in total. The second-order valence-electron chi connectivity index (χ2n) is 7.88. The molecule has 2 N–H and O–H groups in total. The number of hydrogen-bond acceptors (Lipinski definition) is 7. The van der Waals surface area contributed by atoms with Crippen molar-refractivity contribution < 1.29 is 19.4 Å². The average molecular weight is 409 g/mol. The van der Waals surface area contributed by atoms with Gasteiger partial charge in [0, 0.05) is 31.1 Å². The molecule has 3 aromatic rings. The Morgan fingerprint density at radius 2 is 2.13 bits per heavy atom. The lowest BCUT2D eigenvalue weighted by Gasteiger charge is -2.31. The maximum absolute atomic E-state index is 13.1. The van der Waals surface area contributed by atoms with Crippen molar-refractivity contribution in [1.29, 1.82) is 0 Å². The monoisotopic (exact) mass is 409 g/mol. The predicted molar refractivity (Wildman–Crippen MR) is 110 cm³/mol. The lowest BCUT2D eigenvalue weighted by molar-refractivity contribution is 0.0446. The van der Waals surface area contributed by atoms with Crippen LogP contribution in [0.25, 0.3) is 5.52 Å². The highest BCUT2D eigenvalue weighted by Gasteiger charge is 2.35. The predicted octanol–water partition coefficient (Wildman–Crippen LogP) is 1.50. The topological polar surface area (TPSA) is 101 Å². The fourth-order valence-electron chi connectivity index (χ4n) is 4.03. The van der Waals surface area contributed by atoms with E-state index in [2.05, 4.69) is 20.3 Å². The minimum atomic E-state index is -0.651. The summed E-state index contributed by atoms with van der Waals surface area (Å²) in [7, 11) is 0. The normalized spacial score (nSPS) is 20.8. The molecule has 1 unspecified atom stereocenters. The minimum Gasteiger partial charge on any atom is -0.484 e. The highest BCUT2D eigenvalue weighted by atomic mass is 16.5. The van der Waals surface area contributed by atoms with Gasteiger partial charge >= 0.3 is 0 Å². The quantitative estimate of drug-likeness (QED) is 0.673. The van der Waals surface area contributed by atoms with Gasteiger partial charge in [0.1, 0.15) is 23.4 Å². The molecule has 0 radical (unpaired) electrons. The number of aliphatic hydroxyl groups excluding tert-OH is 1. The standard InChI is InChI=1S/C21H23N5O4/c1-21(12-27)10-14-8-16(18(9-19(14)30-21)25-4-6-29-7-5-25)24-20(28)17-3-2-15-11-22-13-23-26(15)17/h2-3,8-9,11,13,27H,4-7,10,12H2,1H3,(H,24,28). The average Bonchev–Trinajstić information content (AvgIpc) is 3.34. The smallest absolute Gasteiger partial charge is 0.274 e. The van der Waals surface area contributed by atoms with E-state index < -0.39 is 5.60 Å². The Balaban J connectivity index is 1.51. The highest BCUT2D eigenvalue weighted by molar-refractivity contribution is 6.05. The van der Waals surface area contributed by atoms with Gasteiger partial charge in [-0.3, -0.25) is 4.79 Å². The van der Waals surface area contributed by atoms with Crippen LogP contribution in [-0.2, 0) is 11.2 Å². The Bertz CT molecular complexity index is 1110. The number of amides is 1. The first kappa shape index (κ1) is 18.8. The molecule has 2 aliphatic rings. The Kier molecular flexibility index (Phi) is 4.56. The number of aliphatic hydroxyl groups is 1. The van der Waals surface area contributed by atoms with Gasteiger partial charge in [-0.25, -0.2) is 9.50 Å². The van der Waals surface area contributed by atoms with E-state index in [0.29, 0.717) is 31.0 Å². The van der Waals surface area contributed by atoms with Crippen LogP contribution in [0, 0.1) is 0 Å². The molecule has 2 aromatic heterocycles. The number of morpholine rings is 1. The molecule has 9 heteroatoms. The number of nitrogens with one attached hydrogen (secondary N) is 1. The maximum Gasteiger partial charge on any atom is 0.274 e. The van der Waals surface area contributed by atoms with Crippen molar-refractivity contribution in [2.45, 2.75) is 18.9 Å². The lowest BCUT2D eigenvalue weighted by Crippen LogP contribution is -2.37. The number of hydrogen-bond donors (Lipinski definition) is 2. The molecule has 4 heterocycles. The van der Waals surface area contributed by atoms with Crippen molar-refractivity contribution in [2.24, 2.45) is 0 Å². The molecule has 1 amide bonds. The molecular weight excluding hydrogens is 386 g/mol. The second-order valence-corrected chi connectivity index (χ2v) is 7.88. The molecular formula is C21H23N5O4. The van der Waals surface area contributed by atoms with Crippen LogP contribution in [0.1, 0.15) is 23.0 Å². The summed E-state index contributed by atoms with van der Waals surface area (Å²) < 4.78 is 13.1. The first-order valence-corrected chi connectivity index (χ1v) is 9.95. The number of rotatable bonds is 4. The van der Waals surface area contributed by atoms with Crippen LogP contribution in [-0.4, -0.2) is 64.1 Å². The van der Waals surface area contributed by atoms with Crippen molar-refractivity contribution in [3.63, 3.8) is 0 Å². The molecule has 0 aliphatic carbocycles. The number of nitrogens with zero attached hydrogens (tertiary/aromatic N) is 4. The second kappa shape index (κ2) is 7.26. The Hall–Kier alpha value is -3.17. The van der Waals surface area contributed by atoms with Crippen molar-refractivity contribution in [3.8, 4) is 5.75 Å². The van der Waals surface area contributed by atoms with Crippen molar-refractivity contribution in [1.82, 2.24) is 14.6 Å². The van der Waals surface area contributed by atoms with Crippen LogP contribution >= 0.6 is 0 Å². The highest BCUT2D eigenvalue weighted by Crippen LogP contribution is 2.42. The van der Waals surface area contributed by atoms with Gasteiger partial charge in [-0.1, -0.05) is 0 Å². The van der Waals surface area contributed by atoms with Gasteiger partial charge in [0.25, 0.3) is 5.91 Å². The summed E-state index contributed by atoms with van der Waals surface area (Å²) in [6.07, 6.45) is 3.64. The number of ether oxygens (including phenoxy) is 2. The van der Waals surface area contributed by atoms with Crippen LogP contribution in [0.3, 0.4) is 0 Å². The summed E-state index contributed by atoms with van der Waals surface area (Å²) in [6, 6.07) is 7.44. The minimum absolute atomic E-state index is 0.0773. The van der Waals surface area contributed by atoms with Crippen molar-refractivity contribution >= 4 is 22.8 Å². The van der Waals surface area contributed by atoms with Crippen LogP contribution in [0.5, 0.6) is 5.75 Å².